The monoisotopic (exact) mass is 252 g/mol. The number of benzene rings is 2. The van der Waals surface area contributed by atoms with Crippen LogP contribution in [0.4, 0.5) is 5.69 Å². The molecule has 0 aromatic heterocycles. The van der Waals surface area contributed by atoms with Gasteiger partial charge >= 0.3 is 0 Å². The lowest BCUT2D eigenvalue weighted by Crippen LogP contribution is -2.44. The molecule has 3 heteroatoms. The maximum atomic E-state index is 12.4. The Morgan fingerprint density at radius 1 is 1.11 bits per heavy atom. The Morgan fingerprint density at radius 2 is 1.79 bits per heavy atom. The molecule has 0 saturated heterocycles. The lowest BCUT2D eigenvalue weighted by atomic mass is 9.84. The van der Waals surface area contributed by atoms with Crippen molar-refractivity contribution in [2.75, 3.05) is 5.32 Å². The molecule has 19 heavy (non-hydrogen) atoms. The SMILES string of the molecule is Cc1cc(C)c2c(c1)[C@@](N)(c1ccccc1)C(=O)N2. The van der Waals surface area contributed by atoms with Gasteiger partial charge < -0.3 is 11.1 Å². The third-order valence-electron chi connectivity index (χ3n) is 3.73. The van der Waals surface area contributed by atoms with Crippen LogP contribution in [0.5, 0.6) is 0 Å². The minimum atomic E-state index is -1.09. The molecule has 0 saturated carbocycles. The number of hydrogen-bond acceptors (Lipinski definition) is 2. The van der Waals surface area contributed by atoms with Gasteiger partial charge in [-0.2, -0.15) is 0 Å². The van der Waals surface area contributed by atoms with Crippen LogP contribution in [0.3, 0.4) is 0 Å². The first-order chi connectivity index (χ1) is 9.03. The molecule has 1 amide bonds. The first-order valence-electron chi connectivity index (χ1n) is 6.31. The summed E-state index contributed by atoms with van der Waals surface area (Å²) in [7, 11) is 0. The van der Waals surface area contributed by atoms with Gasteiger partial charge in [-0.05, 0) is 25.0 Å². The highest BCUT2D eigenvalue weighted by Gasteiger charge is 2.45. The summed E-state index contributed by atoms with van der Waals surface area (Å²) in [4.78, 5) is 12.4. The number of carbonyl (C=O) groups is 1. The predicted molar refractivity (Wildman–Crippen MR) is 76.0 cm³/mol. The fourth-order valence-electron chi connectivity index (χ4n) is 2.77. The van der Waals surface area contributed by atoms with Crippen molar-refractivity contribution in [1.29, 1.82) is 0 Å². The van der Waals surface area contributed by atoms with Crippen molar-refractivity contribution >= 4 is 11.6 Å². The summed E-state index contributed by atoms with van der Waals surface area (Å²) in [5, 5.41) is 2.92. The fraction of sp³-hybridized carbons (Fsp3) is 0.188. The lowest BCUT2D eigenvalue weighted by molar-refractivity contribution is -0.119. The third-order valence-corrected chi connectivity index (χ3v) is 3.73. The molecule has 3 rings (SSSR count). The van der Waals surface area contributed by atoms with Gasteiger partial charge in [0, 0.05) is 11.3 Å². The van der Waals surface area contributed by atoms with Gasteiger partial charge in [0.2, 0.25) is 0 Å². The van der Waals surface area contributed by atoms with Crippen molar-refractivity contribution in [1.82, 2.24) is 0 Å². The molecule has 0 aliphatic carbocycles. The molecule has 0 unspecified atom stereocenters. The number of nitrogens with one attached hydrogen (secondary N) is 1. The van der Waals surface area contributed by atoms with E-state index < -0.39 is 5.54 Å². The van der Waals surface area contributed by atoms with Gasteiger partial charge in [-0.1, -0.05) is 48.0 Å². The molecule has 2 aromatic carbocycles. The van der Waals surface area contributed by atoms with Crippen LogP contribution >= 0.6 is 0 Å². The van der Waals surface area contributed by atoms with Crippen molar-refractivity contribution in [3.05, 3.63) is 64.7 Å². The number of fused-ring (bicyclic) bond motifs is 1. The van der Waals surface area contributed by atoms with Crippen LogP contribution in [-0.2, 0) is 10.3 Å². The van der Waals surface area contributed by atoms with Crippen molar-refractivity contribution in [2.45, 2.75) is 19.4 Å². The minimum absolute atomic E-state index is 0.164. The van der Waals surface area contributed by atoms with Crippen molar-refractivity contribution < 1.29 is 4.79 Å². The Balaban J connectivity index is 2.28. The van der Waals surface area contributed by atoms with Crippen LogP contribution in [0.15, 0.2) is 42.5 Å². The van der Waals surface area contributed by atoms with E-state index in [9.17, 15) is 4.79 Å². The van der Waals surface area contributed by atoms with E-state index in [0.717, 1.165) is 27.9 Å². The van der Waals surface area contributed by atoms with E-state index in [1.807, 2.05) is 50.2 Å². The summed E-state index contributed by atoms with van der Waals surface area (Å²) in [5.41, 5.74) is 10.1. The van der Waals surface area contributed by atoms with Gasteiger partial charge in [-0.25, -0.2) is 0 Å². The Labute approximate surface area is 112 Å². The second-order valence-corrected chi connectivity index (χ2v) is 5.13. The molecule has 1 heterocycles. The van der Waals surface area contributed by atoms with Crippen LogP contribution in [0, 0.1) is 13.8 Å². The van der Waals surface area contributed by atoms with E-state index in [4.69, 9.17) is 5.73 Å². The molecule has 1 aliphatic rings. The average molecular weight is 252 g/mol. The summed E-state index contributed by atoms with van der Waals surface area (Å²) < 4.78 is 0. The summed E-state index contributed by atoms with van der Waals surface area (Å²) in [6.07, 6.45) is 0. The molecule has 3 N–H and O–H groups in total. The Kier molecular flexibility index (Phi) is 2.47. The topological polar surface area (TPSA) is 55.1 Å². The molecule has 0 spiro atoms. The second-order valence-electron chi connectivity index (χ2n) is 5.13. The van der Waals surface area contributed by atoms with Gasteiger partial charge in [0.25, 0.3) is 5.91 Å². The molecule has 1 aliphatic heterocycles. The number of nitrogens with two attached hydrogens (primary N) is 1. The van der Waals surface area contributed by atoms with E-state index in [0.29, 0.717) is 0 Å². The number of hydrogen-bond donors (Lipinski definition) is 2. The van der Waals surface area contributed by atoms with Gasteiger partial charge in [0.05, 0.1) is 0 Å². The summed E-state index contributed by atoms with van der Waals surface area (Å²) >= 11 is 0. The molecular weight excluding hydrogens is 236 g/mol. The smallest absolute Gasteiger partial charge is 0.253 e. The zero-order chi connectivity index (χ0) is 13.6. The molecule has 1 atom stereocenters. The van der Waals surface area contributed by atoms with Crippen molar-refractivity contribution in [3.63, 3.8) is 0 Å². The van der Waals surface area contributed by atoms with Gasteiger partial charge in [0.1, 0.15) is 5.54 Å². The highest BCUT2D eigenvalue weighted by Crippen LogP contribution is 2.41. The van der Waals surface area contributed by atoms with E-state index in [1.165, 1.54) is 0 Å². The number of rotatable bonds is 1. The summed E-state index contributed by atoms with van der Waals surface area (Å²) in [6, 6.07) is 13.6. The van der Waals surface area contributed by atoms with Crippen LogP contribution < -0.4 is 11.1 Å². The van der Waals surface area contributed by atoms with E-state index in [2.05, 4.69) is 11.4 Å². The first kappa shape index (κ1) is 11.9. The van der Waals surface area contributed by atoms with Gasteiger partial charge in [0.15, 0.2) is 0 Å². The lowest BCUT2D eigenvalue weighted by Gasteiger charge is -2.23. The molecule has 0 radical (unpaired) electrons. The Hall–Kier alpha value is -2.13. The van der Waals surface area contributed by atoms with Gasteiger partial charge in [-0.15, -0.1) is 0 Å². The van der Waals surface area contributed by atoms with E-state index >= 15 is 0 Å². The van der Waals surface area contributed by atoms with Crippen molar-refractivity contribution in [2.24, 2.45) is 5.73 Å². The predicted octanol–water partition coefficient (Wildman–Crippen LogP) is 2.46. The number of aryl methyl sites for hydroxylation is 2. The Morgan fingerprint density at radius 3 is 2.47 bits per heavy atom. The number of anilines is 1. The number of carbonyl (C=O) groups excluding carboxylic acids is 1. The van der Waals surface area contributed by atoms with E-state index in [-0.39, 0.29) is 5.91 Å². The molecule has 0 bridgehead atoms. The maximum Gasteiger partial charge on any atom is 0.253 e. The van der Waals surface area contributed by atoms with Crippen molar-refractivity contribution in [3.8, 4) is 0 Å². The largest absolute Gasteiger partial charge is 0.323 e. The normalized spacial score (nSPS) is 21.1. The Bertz CT molecular complexity index is 664. The third kappa shape index (κ3) is 1.59. The molecule has 0 fully saturated rings. The molecule has 3 nitrogen and oxygen atoms in total. The average Bonchev–Trinajstić information content (AvgIpc) is 2.66. The zero-order valence-electron chi connectivity index (χ0n) is 11.0. The quantitative estimate of drug-likeness (QED) is 0.819. The molecule has 96 valence electrons. The van der Waals surface area contributed by atoms with Crippen LogP contribution in [0.1, 0.15) is 22.3 Å². The molecule has 2 aromatic rings. The molecular formula is C16H16N2O. The number of amides is 1. The minimum Gasteiger partial charge on any atom is -0.323 e. The van der Waals surface area contributed by atoms with Crippen LogP contribution in [0.2, 0.25) is 0 Å². The second kappa shape index (κ2) is 3.93. The summed E-state index contributed by atoms with van der Waals surface area (Å²) in [5.74, 6) is -0.164. The van der Waals surface area contributed by atoms with Crippen LogP contribution in [0.25, 0.3) is 0 Å². The highest BCUT2D eigenvalue weighted by molar-refractivity contribution is 6.08. The maximum absolute atomic E-state index is 12.4. The van der Waals surface area contributed by atoms with Crippen LogP contribution in [-0.4, -0.2) is 5.91 Å². The highest BCUT2D eigenvalue weighted by atomic mass is 16.2. The zero-order valence-corrected chi connectivity index (χ0v) is 11.0. The van der Waals surface area contributed by atoms with E-state index in [1.54, 1.807) is 0 Å². The summed E-state index contributed by atoms with van der Waals surface area (Å²) in [6.45, 7) is 4.00. The fourth-order valence-corrected chi connectivity index (χ4v) is 2.77. The van der Waals surface area contributed by atoms with Gasteiger partial charge in [-0.3, -0.25) is 4.79 Å². The first-order valence-corrected chi connectivity index (χ1v) is 6.31. The standard InChI is InChI=1S/C16H16N2O/c1-10-8-11(2)14-13(9-10)16(17,15(19)18-14)12-6-4-3-5-7-12/h3-9H,17H2,1-2H3,(H,18,19)/t16-/m0/s1.